The maximum absolute atomic E-state index is 6.75. The first-order valence-corrected chi connectivity index (χ1v) is 16.7. The molecule has 0 bridgehead atoms. The summed E-state index contributed by atoms with van der Waals surface area (Å²) in [7, 11) is 0. The van der Waals surface area contributed by atoms with Crippen molar-refractivity contribution in [3.05, 3.63) is 16.0 Å². The Morgan fingerprint density at radius 1 is 0.600 bits per heavy atom. The molecule has 0 aromatic heterocycles. The minimum Gasteiger partial charge on any atom is -0.373 e. The van der Waals surface area contributed by atoms with Crippen molar-refractivity contribution in [2.45, 2.75) is 96.8 Å². The van der Waals surface area contributed by atoms with Gasteiger partial charge in [-0.3, -0.25) is 4.91 Å². The van der Waals surface area contributed by atoms with Gasteiger partial charge < -0.3 is 11.1 Å². The van der Waals surface area contributed by atoms with E-state index in [9.17, 15) is 0 Å². The average molecular weight is 389 g/mol. The molecule has 0 saturated carbocycles. The largest absolute Gasteiger partial charge is 0.373 e. The Morgan fingerprint density at radius 2 is 0.800 bits per heavy atom. The first kappa shape index (κ1) is 22.4. The van der Waals surface area contributed by atoms with Gasteiger partial charge in [0.25, 0.3) is 0 Å². The summed E-state index contributed by atoms with van der Waals surface area (Å²) in [5, 5.41) is 0. The van der Waals surface area contributed by atoms with Gasteiger partial charge >= 0.3 is 115 Å². The second-order valence-electron chi connectivity index (χ2n) is 6.00. The van der Waals surface area contributed by atoms with E-state index in [-0.39, 0.29) is 0 Å². The van der Waals surface area contributed by atoms with Gasteiger partial charge in [-0.1, -0.05) is 0 Å². The van der Waals surface area contributed by atoms with Crippen LogP contribution in [0.1, 0.15) is 79.1 Å². The van der Waals surface area contributed by atoms with Crippen molar-refractivity contribution in [1.82, 2.24) is 0 Å². The molecule has 0 unspecified atom stereocenters. The van der Waals surface area contributed by atoms with Crippen LogP contribution in [0.4, 0.5) is 0 Å². The number of nitrogens with zero attached hydrogens (tertiary/aromatic N) is 3. The Morgan fingerprint density at radius 3 is 0.950 bits per heavy atom. The minimum absolute atomic E-state index is 1.42. The van der Waals surface area contributed by atoms with E-state index in [0.717, 1.165) is 0 Å². The van der Waals surface area contributed by atoms with E-state index in [4.69, 9.17) is 11.1 Å². The van der Waals surface area contributed by atoms with Crippen LogP contribution < -0.4 is 0 Å². The molecule has 0 atom stereocenters. The Kier molecular flexibility index (Phi) is 19.2. The van der Waals surface area contributed by atoms with Crippen LogP contribution in [0, 0.1) is 0 Å². The molecule has 0 saturated heterocycles. The fraction of sp³-hybridized carbons (Fsp3) is 1.00. The molecule has 0 N–H and O–H groups in total. The molecule has 0 fully saturated rings. The van der Waals surface area contributed by atoms with Crippen molar-refractivity contribution in [3.8, 4) is 0 Å². The predicted octanol–water partition coefficient (Wildman–Crippen LogP) is 7.50. The molecule has 0 aromatic carbocycles. The molecule has 0 aliphatic carbocycles. The third kappa shape index (κ3) is 13.1. The molecule has 3 nitrogen and oxygen atoms in total. The van der Waals surface area contributed by atoms with Crippen LogP contribution in [-0.4, -0.2) is 18.4 Å². The Balaban J connectivity index is 0. The maximum atomic E-state index is 6.75. The van der Waals surface area contributed by atoms with Crippen molar-refractivity contribution < 1.29 is 0 Å². The molecule has 0 radical (unpaired) electrons. The molecule has 4 heteroatoms. The normalized spacial score (nSPS) is 10.6. The van der Waals surface area contributed by atoms with E-state index in [1.807, 2.05) is 0 Å². The van der Waals surface area contributed by atoms with Gasteiger partial charge in [0.05, 0.1) is 0 Å². The summed E-state index contributed by atoms with van der Waals surface area (Å²) in [5.74, 6) is 0. The summed E-state index contributed by atoms with van der Waals surface area (Å²) in [4.78, 5) is 1.50. The fourth-order valence-corrected chi connectivity index (χ4v) is 19.8. The summed E-state index contributed by atoms with van der Waals surface area (Å²) in [6, 6.07) is 0. The number of hydrogen-bond donors (Lipinski definition) is 0. The van der Waals surface area contributed by atoms with Crippen LogP contribution in [0.3, 0.4) is 0 Å². The van der Waals surface area contributed by atoms with E-state index in [0.29, 0.717) is 0 Å². The molecule has 0 spiro atoms. The number of rotatable bonds is 12. The van der Waals surface area contributed by atoms with E-state index < -0.39 is 18.4 Å². The monoisotopic (exact) mass is 390 g/mol. The zero-order valence-electron chi connectivity index (χ0n) is 14.3. The van der Waals surface area contributed by atoms with Crippen LogP contribution in [0.15, 0.2) is 0 Å². The predicted molar refractivity (Wildman–Crippen MR) is 94.7 cm³/mol. The standard InChI is InChI=1S/4C4H9.N3.Sn/c4*1-3-4-2;1-3-2;/h4*1,3-4H2,2H3;;/q;;;;-1;. The first-order valence-electron chi connectivity index (χ1n) is 8.64. The first-order chi connectivity index (χ1) is 9.66. The van der Waals surface area contributed by atoms with E-state index >= 15 is 0 Å². The summed E-state index contributed by atoms with van der Waals surface area (Å²) in [6.45, 7) is 9.48. The fourth-order valence-electron chi connectivity index (χ4n) is 2.96. The quantitative estimate of drug-likeness (QED) is 0.144. The average Bonchev–Trinajstić information content (AvgIpc) is 2.46. The molecule has 0 aromatic rings. The van der Waals surface area contributed by atoms with Crippen LogP contribution in [-0.2, 0) is 0 Å². The summed E-state index contributed by atoms with van der Waals surface area (Å²) in [5.41, 5.74) is 13.5. The van der Waals surface area contributed by atoms with E-state index in [2.05, 4.69) is 27.7 Å². The molecule has 20 heavy (non-hydrogen) atoms. The second kappa shape index (κ2) is 17.2. The number of hydrogen-bond acceptors (Lipinski definition) is 0. The summed E-state index contributed by atoms with van der Waals surface area (Å²) >= 11 is -1.69. The van der Waals surface area contributed by atoms with E-state index in [1.165, 1.54) is 56.3 Å². The smallest absolute Gasteiger partial charge is 0.255 e. The molecular formula is C16H36N3Sn-. The van der Waals surface area contributed by atoms with Crippen molar-refractivity contribution in [2.75, 3.05) is 0 Å². The van der Waals surface area contributed by atoms with Crippen molar-refractivity contribution in [3.63, 3.8) is 0 Å². The second-order valence-corrected chi connectivity index (χ2v) is 20.3. The third-order valence-electron chi connectivity index (χ3n) is 4.24. The van der Waals surface area contributed by atoms with Crippen molar-refractivity contribution >= 4 is 18.4 Å². The van der Waals surface area contributed by atoms with E-state index in [1.54, 1.807) is 17.7 Å². The van der Waals surface area contributed by atoms with Gasteiger partial charge in [-0.25, -0.2) is 0 Å². The van der Waals surface area contributed by atoms with Gasteiger partial charge in [0, 0.05) is 0 Å². The minimum atomic E-state index is -1.69. The zero-order chi connectivity index (χ0) is 15.7. The van der Waals surface area contributed by atoms with Crippen LogP contribution in [0.2, 0.25) is 17.7 Å². The van der Waals surface area contributed by atoms with Gasteiger partial charge in [0.15, 0.2) is 0 Å². The topological polar surface area (TPSA) is 58.7 Å². The molecule has 0 amide bonds. The van der Waals surface area contributed by atoms with Crippen LogP contribution in [0.5, 0.6) is 0 Å². The molecule has 0 aliphatic rings. The molecular weight excluding hydrogens is 353 g/mol. The van der Waals surface area contributed by atoms with Crippen molar-refractivity contribution in [2.24, 2.45) is 0 Å². The Bertz CT molecular complexity index is 188. The zero-order valence-corrected chi connectivity index (χ0v) is 17.2. The molecule has 0 heterocycles. The van der Waals surface area contributed by atoms with Gasteiger partial charge in [0.2, 0.25) is 0 Å². The van der Waals surface area contributed by atoms with Crippen molar-refractivity contribution in [1.29, 1.82) is 0 Å². The SMILES string of the molecule is CCC[CH2][Sn]([CH2]CCC)([CH2]CCC)[CH2]CCC.[N-]=[N+]=[N-]. The summed E-state index contributed by atoms with van der Waals surface area (Å²) < 4.78 is 6.80. The van der Waals surface area contributed by atoms with Gasteiger partial charge in [0.1, 0.15) is 0 Å². The third-order valence-corrected chi connectivity index (χ3v) is 20.4. The van der Waals surface area contributed by atoms with Gasteiger partial charge in [-0.15, -0.1) is 0 Å². The molecule has 0 aliphatic heterocycles. The Hall–Kier alpha value is 0.109. The summed E-state index contributed by atoms with van der Waals surface area (Å²) in [6.07, 6.45) is 11.8. The Labute approximate surface area is 131 Å². The van der Waals surface area contributed by atoms with Crippen LogP contribution >= 0.6 is 0 Å². The molecule has 0 rings (SSSR count). The van der Waals surface area contributed by atoms with Crippen LogP contribution in [0.25, 0.3) is 16.0 Å². The maximum Gasteiger partial charge on any atom is -0.255 e. The molecule has 120 valence electrons. The van der Waals surface area contributed by atoms with Gasteiger partial charge in [-0.05, 0) is 0 Å². The van der Waals surface area contributed by atoms with Gasteiger partial charge in [-0.2, -0.15) is 0 Å². The number of unbranched alkanes of at least 4 members (excludes halogenated alkanes) is 4.